The molecule has 0 bridgehead atoms. The SMILES string of the molecule is CCN(C)S(=O)(=O)Nc1ccc(F)c(C(=O)c2c[nH]c3ncc(-c4cnc(N5CCN(C(=O)CC6(O)CCN(c7ccc8c(N9CCC(=O)NC9=O)nn(C)c8c7)CC6)CC5)nc4)cc23)c1F. The number of aromatic nitrogens is 6. The van der Waals surface area contributed by atoms with Gasteiger partial charge in [-0.3, -0.25) is 34.0 Å². The Labute approximate surface area is 382 Å². The van der Waals surface area contributed by atoms with Crippen molar-refractivity contribution in [1.82, 2.24) is 44.2 Å². The molecule has 0 unspecified atom stereocenters. The van der Waals surface area contributed by atoms with E-state index < -0.39 is 50.5 Å². The van der Waals surface area contributed by atoms with Crippen LogP contribution in [0.5, 0.6) is 0 Å². The van der Waals surface area contributed by atoms with Gasteiger partial charge in [-0.2, -0.15) is 17.8 Å². The molecule has 0 spiro atoms. The lowest BCUT2D eigenvalue weighted by atomic mass is 9.87. The number of anilines is 4. The molecule has 0 saturated carbocycles. The number of ketones is 1. The fraction of sp³-hybridized carbons (Fsp3) is 0.364. The molecule has 2 aromatic carbocycles. The number of hydrogen-bond donors (Lipinski definition) is 4. The highest BCUT2D eigenvalue weighted by Gasteiger charge is 2.37. The quantitative estimate of drug-likeness (QED) is 0.129. The van der Waals surface area contributed by atoms with E-state index >= 15 is 8.78 Å². The molecule has 3 aliphatic rings. The molecule has 67 heavy (non-hydrogen) atoms. The van der Waals surface area contributed by atoms with E-state index in [1.807, 2.05) is 23.1 Å². The number of carbonyl (C=O) groups excluding carboxylic acids is 4. The van der Waals surface area contributed by atoms with Crippen LogP contribution in [0.15, 0.2) is 61.2 Å². The Hall–Kier alpha value is -7.11. The molecular formula is C44H47F2N13O7S. The summed E-state index contributed by atoms with van der Waals surface area (Å²) in [4.78, 5) is 75.1. The lowest BCUT2D eigenvalue weighted by molar-refractivity contribution is -0.137. The van der Waals surface area contributed by atoms with Gasteiger partial charge in [-0.25, -0.2) is 28.5 Å². The van der Waals surface area contributed by atoms with E-state index in [-0.39, 0.29) is 54.3 Å². The zero-order valence-electron chi connectivity index (χ0n) is 36.8. The van der Waals surface area contributed by atoms with Gasteiger partial charge in [-0.1, -0.05) is 6.92 Å². The minimum Gasteiger partial charge on any atom is -0.389 e. The van der Waals surface area contributed by atoms with Gasteiger partial charge in [0.2, 0.25) is 23.5 Å². The van der Waals surface area contributed by atoms with E-state index in [4.69, 9.17) is 0 Å². The van der Waals surface area contributed by atoms with E-state index in [9.17, 15) is 32.7 Å². The number of aliphatic hydroxyl groups is 1. The highest BCUT2D eigenvalue weighted by Crippen LogP contribution is 2.35. The Bertz CT molecular complexity index is 3060. The van der Waals surface area contributed by atoms with Gasteiger partial charge in [0.25, 0.3) is 0 Å². The molecule has 7 heterocycles. The smallest absolute Gasteiger partial charge is 0.329 e. The Morgan fingerprint density at radius 3 is 2.33 bits per heavy atom. The summed E-state index contributed by atoms with van der Waals surface area (Å²) < 4.78 is 60.5. The number of piperazine rings is 1. The van der Waals surface area contributed by atoms with Crippen LogP contribution in [0, 0.1) is 11.6 Å². The molecule has 3 aliphatic heterocycles. The average molecular weight is 940 g/mol. The maximum atomic E-state index is 15.6. The number of aromatic amines is 1. The summed E-state index contributed by atoms with van der Waals surface area (Å²) in [5.74, 6) is -3.08. The monoisotopic (exact) mass is 939 g/mol. The van der Waals surface area contributed by atoms with Crippen molar-refractivity contribution in [2.24, 2.45) is 7.05 Å². The second kappa shape index (κ2) is 17.6. The van der Waals surface area contributed by atoms with Gasteiger partial charge in [-0.05, 0) is 49.2 Å². The molecule has 350 valence electrons. The summed E-state index contributed by atoms with van der Waals surface area (Å²) in [6.45, 7) is 4.72. The van der Waals surface area contributed by atoms with Gasteiger partial charge in [-0.15, -0.1) is 0 Å². The number of imide groups is 1. The first kappa shape index (κ1) is 45.1. The van der Waals surface area contributed by atoms with Crippen molar-refractivity contribution >= 4 is 78.9 Å². The summed E-state index contributed by atoms with van der Waals surface area (Å²) in [5.41, 5.74) is 0.333. The molecule has 20 nitrogen and oxygen atoms in total. The largest absolute Gasteiger partial charge is 0.389 e. The van der Waals surface area contributed by atoms with Crippen molar-refractivity contribution in [3.8, 4) is 11.1 Å². The van der Waals surface area contributed by atoms with Crippen LogP contribution in [0.25, 0.3) is 33.1 Å². The predicted molar refractivity (Wildman–Crippen MR) is 244 cm³/mol. The molecule has 4 N–H and O–H groups in total. The maximum Gasteiger partial charge on any atom is 0.329 e. The first-order chi connectivity index (χ1) is 32.0. The van der Waals surface area contributed by atoms with Crippen LogP contribution in [0.2, 0.25) is 0 Å². The number of aryl methyl sites for hydroxylation is 1. The Morgan fingerprint density at radius 1 is 0.910 bits per heavy atom. The molecule has 3 saturated heterocycles. The minimum atomic E-state index is -4.17. The van der Waals surface area contributed by atoms with Crippen molar-refractivity contribution in [3.63, 3.8) is 0 Å². The number of carbonyl (C=O) groups is 4. The molecule has 3 fully saturated rings. The normalized spacial score (nSPS) is 16.9. The van der Waals surface area contributed by atoms with E-state index in [1.54, 1.807) is 42.0 Å². The lowest BCUT2D eigenvalue weighted by Gasteiger charge is -2.41. The number of hydrogen-bond acceptors (Lipinski definition) is 13. The van der Waals surface area contributed by atoms with Crippen LogP contribution in [0.1, 0.15) is 48.5 Å². The number of amides is 4. The van der Waals surface area contributed by atoms with E-state index in [2.05, 4.69) is 40.0 Å². The summed E-state index contributed by atoms with van der Waals surface area (Å²) in [6.07, 6.45) is 6.99. The second-order valence-electron chi connectivity index (χ2n) is 16.9. The van der Waals surface area contributed by atoms with Crippen LogP contribution < -0.4 is 24.7 Å². The second-order valence-corrected chi connectivity index (χ2v) is 18.7. The summed E-state index contributed by atoms with van der Waals surface area (Å²) in [6, 6.07) is 8.71. The molecular weight excluding hydrogens is 893 g/mol. The molecule has 9 rings (SSSR count). The minimum absolute atomic E-state index is 0.00192. The van der Waals surface area contributed by atoms with Crippen LogP contribution in [0.3, 0.4) is 0 Å². The molecule has 6 aromatic rings. The van der Waals surface area contributed by atoms with Crippen molar-refractivity contribution in [2.75, 3.05) is 78.8 Å². The van der Waals surface area contributed by atoms with E-state index in [0.29, 0.717) is 75.0 Å². The summed E-state index contributed by atoms with van der Waals surface area (Å²) in [5, 5.41) is 19.5. The van der Waals surface area contributed by atoms with Crippen molar-refractivity contribution < 1.29 is 41.5 Å². The number of nitrogens with zero attached hydrogens (tertiary/aromatic N) is 10. The lowest BCUT2D eigenvalue weighted by Crippen LogP contribution is -2.52. The number of rotatable bonds is 12. The maximum absolute atomic E-state index is 15.6. The molecule has 4 aromatic heterocycles. The molecule has 23 heteroatoms. The van der Waals surface area contributed by atoms with Crippen LogP contribution in [0.4, 0.5) is 36.7 Å². The Morgan fingerprint density at radius 2 is 1.63 bits per heavy atom. The molecule has 0 radical (unpaired) electrons. The van der Waals surface area contributed by atoms with Crippen molar-refractivity contribution in [1.29, 1.82) is 0 Å². The Balaban J connectivity index is 0.798. The Kier molecular flexibility index (Phi) is 11.8. The molecule has 0 atom stereocenters. The first-order valence-electron chi connectivity index (χ1n) is 21.7. The van der Waals surface area contributed by atoms with Crippen LogP contribution in [-0.4, -0.2) is 141 Å². The summed E-state index contributed by atoms with van der Waals surface area (Å²) in [7, 11) is -1.08. The first-order valence-corrected chi connectivity index (χ1v) is 23.1. The number of halogens is 2. The van der Waals surface area contributed by atoms with E-state index in [0.717, 1.165) is 33.0 Å². The van der Waals surface area contributed by atoms with Crippen LogP contribution >= 0.6 is 0 Å². The van der Waals surface area contributed by atoms with Gasteiger partial charge >= 0.3 is 16.2 Å². The highest BCUT2D eigenvalue weighted by atomic mass is 32.2. The number of piperidine rings is 1. The average Bonchev–Trinajstić information content (AvgIpc) is 3.89. The number of H-pyrrole nitrogens is 1. The number of benzene rings is 2. The summed E-state index contributed by atoms with van der Waals surface area (Å²) >= 11 is 0. The standard InChI is InChI=1S/C44H47F2N13O7S/c1-4-54(2)67(65,66)53-33-8-7-32(45)37(38(33)46)39(62)31-25-48-40-30(31)19-26(22-47-40)27-23-49-42(50-24-27)58-17-15-57(16-18-58)36(61)21-44(64)10-13-56(14-11-44)28-5-6-29-34(20-28)55(3)52-41(29)59-12-9-35(60)51-43(59)63/h5-8,19-20,22-25,53,64H,4,9-18,21H2,1-3H3,(H,47,48)(H,51,60,63). The number of urea groups is 1. The molecule has 4 amide bonds. The van der Waals surface area contributed by atoms with Gasteiger partial charge in [0.05, 0.1) is 28.8 Å². The highest BCUT2D eigenvalue weighted by molar-refractivity contribution is 7.90. The number of fused-ring (bicyclic) bond motifs is 2. The topological polar surface area (TPSA) is 235 Å². The van der Waals surface area contributed by atoms with Gasteiger partial charge in [0.1, 0.15) is 11.5 Å². The third-order valence-corrected chi connectivity index (χ3v) is 14.3. The third kappa shape index (κ3) is 8.71. The zero-order chi connectivity index (χ0) is 47.4. The molecule has 0 aliphatic carbocycles. The fourth-order valence-corrected chi connectivity index (χ4v) is 9.57. The van der Waals surface area contributed by atoms with Crippen molar-refractivity contribution in [3.05, 3.63) is 83.9 Å². The number of pyridine rings is 1. The van der Waals surface area contributed by atoms with Gasteiger partial charge in [0.15, 0.2) is 11.6 Å². The van der Waals surface area contributed by atoms with Crippen molar-refractivity contribution in [2.45, 2.75) is 38.2 Å². The van der Waals surface area contributed by atoms with Crippen LogP contribution in [-0.2, 0) is 26.8 Å². The van der Waals surface area contributed by atoms with Gasteiger partial charge in [0, 0.05) is 131 Å². The van der Waals surface area contributed by atoms with Gasteiger partial charge < -0.3 is 24.8 Å². The predicted octanol–water partition coefficient (Wildman–Crippen LogP) is 3.54. The third-order valence-electron chi connectivity index (χ3n) is 12.7. The zero-order valence-corrected chi connectivity index (χ0v) is 37.6. The number of nitrogens with one attached hydrogen (secondary N) is 3. The van der Waals surface area contributed by atoms with E-state index in [1.165, 1.54) is 24.3 Å². The fourth-order valence-electron chi connectivity index (χ4n) is 8.64.